The fourth-order valence-corrected chi connectivity index (χ4v) is 5.39. The standard InChI is InChI=1S/C26H45NO7Si2.C6H15N/c1-13-14-32-24(30)27-19(23(28)29)15-18-16-20(33-35(9,10)25(2,3)4)22(31-8)21(17-18)34-36(11,12)26(5,6)7;1-5(2)7-6(3)4/h13,16-17,19H,1,14-15H2,2-12H3,(H,27,30)(H,28,29);5-7H,1-4H3/t19-;/m0./s1. The minimum absolute atomic E-state index is 0.00421. The third-order valence-electron chi connectivity index (χ3n) is 7.66. The topological polar surface area (TPSA) is 115 Å². The van der Waals surface area contributed by atoms with Crippen LogP contribution in [0.25, 0.3) is 0 Å². The van der Waals surface area contributed by atoms with Gasteiger partial charge in [-0.25, -0.2) is 9.59 Å². The lowest BCUT2D eigenvalue weighted by molar-refractivity contribution is -0.139. The molecule has 0 aliphatic rings. The largest absolute Gasteiger partial charge is 0.541 e. The van der Waals surface area contributed by atoms with Gasteiger partial charge < -0.3 is 34.1 Å². The lowest BCUT2D eigenvalue weighted by Gasteiger charge is -2.39. The van der Waals surface area contributed by atoms with Crippen molar-refractivity contribution in [3.63, 3.8) is 0 Å². The zero-order valence-electron chi connectivity index (χ0n) is 29.5. The molecule has 0 aliphatic carbocycles. The second-order valence-electron chi connectivity index (χ2n) is 14.5. The summed E-state index contributed by atoms with van der Waals surface area (Å²) >= 11 is 0. The molecule has 1 amide bonds. The van der Waals surface area contributed by atoms with Crippen LogP contribution in [-0.4, -0.2) is 65.6 Å². The molecule has 0 heterocycles. The summed E-state index contributed by atoms with van der Waals surface area (Å²) in [6.07, 6.45) is 0.587. The van der Waals surface area contributed by atoms with Crippen LogP contribution in [0.5, 0.6) is 17.2 Å². The van der Waals surface area contributed by atoms with Crippen LogP contribution in [-0.2, 0) is 16.0 Å². The van der Waals surface area contributed by atoms with Crippen LogP contribution < -0.4 is 24.2 Å². The maximum absolute atomic E-state index is 12.0. The van der Waals surface area contributed by atoms with E-state index in [2.05, 4.69) is 113 Å². The van der Waals surface area contributed by atoms with Crippen molar-refractivity contribution in [1.82, 2.24) is 10.6 Å². The van der Waals surface area contributed by atoms with E-state index in [4.69, 9.17) is 18.3 Å². The van der Waals surface area contributed by atoms with E-state index in [0.29, 0.717) is 34.9 Å². The molecule has 43 heavy (non-hydrogen) atoms. The number of benzene rings is 1. The fourth-order valence-electron chi connectivity index (χ4n) is 3.38. The normalized spacial score (nSPS) is 13.0. The van der Waals surface area contributed by atoms with E-state index in [0.717, 1.165) is 0 Å². The minimum Gasteiger partial charge on any atom is -0.541 e. The molecule has 0 saturated carbocycles. The highest BCUT2D eigenvalue weighted by Crippen LogP contribution is 2.47. The molecular weight excluding hydrogens is 581 g/mol. The highest BCUT2D eigenvalue weighted by molar-refractivity contribution is 6.75. The lowest BCUT2D eigenvalue weighted by Crippen LogP contribution is -2.45. The van der Waals surface area contributed by atoms with E-state index in [1.54, 1.807) is 19.2 Å². The summed E-state index contributed by atoms with van der Waals surface area (Å²) < 4.78 is 23.9. The van der Waals surface area contributed by atoms with Gasteiger partial charge in [0.25, 0.3) is 16.6 Å². The zero-order chi connectivity index (χ0) is 34.0. The number of methoxy groups -OCH3 is 1. The average molecular weight is 641 g/mol. The van der Waals surface area contributed by atoms with Crippen molar-refractivity contribution in [2.45, 2.75) is 130 Å². The molecule has 0 aromatic heterocycles. The van der Waals surface area contributed by atoms with Crippen molar-refractivity contribution >= 4 is 28.7 Å². The first kappa shape index (κ1) is 40.5. The molecule has 0 aliphatic heterocycles. The van der Waals surface area contributed by atoms with Crippen LogP contribution in [0.4, 0.5) is 4.79 Å². The number of ether oxygens (including phenoxy) is 2. The van der Waals surface area contributed by atoms with Crippen LogP contribution in [0.15, 0.2) is 24.8 Å². The van der Waals surface area contributed by atoms with Gasteiger partial charge in [0.15, 0.2) is 11.5 Å². The summed E-state index contributed by atoms with van der Waals surface area (Å²) in [6, 6.07) is 3.60. The number of carboxylic acid groups (broad SMARTS) is 1. The lowest BCUT2D eigenvalue weighted by atomic mass is 10.0. The zero-order valence-corrected chi connectivity index (χ0v) is 31.5. The number of aliphatic carboxylic acids is 1. The summed E-state index contributed by atoms with van der Waals surface area (Å²) in [5.74, 6) is 0.320. The Morgan fingerprint density at radius 2 is 1.33 bits per heavy atom. The molecule has 3 N–H and O–H groups in total. The third kappa shape index (κ3) is 13.8. The van der Waals surface area contributed by atoms with E-state index in [-0.39, 0.29) is 23.1 Å². The summed E-state index contributed by atoms with van der Waals surface area (Å²) in [5.41, 5.74) is 0.634. The van der Waals surface area contributed by atoms with Gasteiger partial charge in [-0.05, 0) is 54.0 Å². The van der Waals surface area contributed by atoms with Gasteiger partial charge in [0.2, 0.25) is 5.75 Å². The Bertz CT molecular complexity index is 1000. The monoisotopic (exact) mass is 640 g/mol. The summed E-state index contributed by atoms with van der Waals surface area (Å²) in [5, 5.41) is 15.3. The molecule has 0 unspecified atom stereocenters. The third-order valence-corrected chi connectivity index (χ3v) is 16.3. The molecule has 1 rings (SSSR count). The first-order valence-corrected chi connectivity index (χ1v) is 20.8. The Morgan fingerprint density at radius 3 is 1.60 bits per heavy atom. The van der Waals surface area contributed by atoms with Crippen LogP contribution in [0.3, 0.4) is 0 Å². The van der Waals surface area contributed by atoms with E-state index < -0.39 is 34.7 Å². The summed E-state index contributed by atoms with van der Waals surface area (Å²) in [7, 11) is -2.98. The highest BCUT2D eigenvalue weighted by atomic mass is 28.4. The molecular formula is C32H60N2O7Si2. The quantitative estimate of drug-likeness (QED) is 0.148. The Morgan fingerprint density at radius 1 is 0.907 bits per heavy atom. The first-order chi connectivity index (χ1) is 19.4. The van der Waals surface area contributed by atoms with Crippen molar-refractivity contribution < 1.29 is 33.0 Å². The number of alkyl carbamates (subject to hydrolysis) is 1. The number of hydrogen-bond acceptors (Lipinski definition) is 7. The molecule has 0 radical (unpaired) electrons. The second-order valence-corrected chi connectivity index (χ2v) is 23.9. The van der Waals surface area contributed by atoms with Crippen molar-refractivity contribution in [3.8, 4) is 17.2 Å². The van der Waals surface area contributed by atoms with Crippen LogP contribution in [0, 0.1) is 0 Å². The molecule has 11 heteroatoms. The van der Waals surface area contributed by atoms with E-state index in [1.165, 1.54) is 6.08 Å². The summed E-state index contributed by atoms with van der Waals surface area (Å²) in [6.45, 7) is 33.4. The minimum atomic E-state index is -2.28. The van der Waals surface area contributed by atoms with Crippen molar-refractivity contribution in [1.29, 1.82) is 0 Å². The van der Waals surface area contributed by atoms with E-state index >= 15 is 0 Å². The SMILES string of the molecule is C=CCOC(=O)N[C@@H](Cc1cc(O[Si](C)(C)C(C)(C)C)c(OC)c(O[Si](C)(C)C(C)(C)C)c1)C(=O)O.CC(C)NC(C)C. The van der Waals surface area contributed by atoms with Crippen molar-refractivity contribution in [2.24, 2.45) is 0 Å². The molecule has 0 saturated heterocycles. The highest BCUT2D eigenvalue weighted by Gasteiger charge is 2.42. The van der Waals surface area contributed by atoms with Gasteiger partial charge in [-0.15, -0.1) is 0 Å². The Kier molecular flexibility index (Phi) is 15.6. The molecule has 1 aromatic carbocycles. The molecule has 248 valence electrons. The Balaban J connectivity index is 0.00000223. The summed E-state index contributed by atoms with van der Waals surface area (Å²) in [4.78, 5) is 24.0. The molecule has 1 atom stereocenters. The number of amides is 1. The van der Waals surface area contributed by atoms with Gasteiger partial charge in [0.1, 0.15) is 12.6 Å². The second kappa shape index (κ2) is 16.5. The number of nitrogens with one attached hydrogen (secondary N) is 2. The average Bonchev–Trinajstić information content (AvgIpc) is 2.79. The Labute approximate surface area is 263 Å². The van der Waals surface area contributed by atoms with Gasteiger partial charge in [-0.3, -0.25) is 0 Å². The number of carbonyl (C=O) groups is 2. The van der Waals surface area contributed by atoms with Gasteiger partial charge in [-0.2, -0.15) is 0 Å². The van der Waals surface area contributed by atoms with Crippen LogP contribution >= 0.6 is 0 Å². The Hall–Kier alpha value is -2.51. The molecule has 0 fully saturated rings. The van der Waals surface area contributed by atoms with Gasteiger partial charge >= 0.3 is 12.1 Å². The van der Waals surface area contributed by atoms with Crippen LogP contribution in [0.2, 0.25) is 36.3 Å². The molecule has 0 spiro atoms. The van der Waals surface area contributed by atoms with Crippen molar-refractivity contribution in [3.05, 3.63) is 30.4 Å². The molecule has 0 bridgehead atoms. The first-order valence-electron chi connectivity index (χ1n) is 15.0. The van der Waals surface area contributed by atoms with Gasteiger partial charge in [0.05, 0.1) is 7.11 Å². The smallest absolute Gasteiger partial charge is 0.408 e. The van der Waals surface area contributed by atoms with Crippen molar-refractivity contribution in [2.75, 3.05) is 13.7 Å². The number of hydrogen-bond donors (Lipinski definition) is 3. The van der Waals surface area contributed by atoms with E-state index in [1.807, 2.05) is 0 Å². The van der Waals surface area contributed by atoms with Gasteiger partial charge in [-0.1, -0.05) is 81.9 Å². The van der Waals surface area contributed by atoms with Crippen LogP contribution in [0.1, 0.15) is 74.8 Å². The van der Waals surface area contributed by atoms with Gasteiger partial charge in [0, 0.05) is 18.5 Å². The predicted molar refractivity (Wildman–Crippen MR) is 182 cm³/mol. The van der Waals surface area contributed by atoms with E-state index in [9.17, 15) is 14.7 Å². The maximum Gasteiger partial charge on any atom is 0.408 e. The molecule has 9 nitrogen and oxygen atoms in total. The number of carbonyl (C=O) groups excluding carboxylic acids is 1. The molecule has 1 aromatic rings. The number of rotatable bonds is 13. The number of carboxylic acids is 1. The predicted octanol–water partition coefficient (Wildman–Crippen LogP) is 7.76. The fraction of sp³-hybridized carbons (Fsp3) is 0.688. The maximum atomic E-state index is 12.0.